The van der Waals surface area contributed by atoms with Crippen LogP contribution in [0, 0.1) is 0 Å². The van der Waals surface area contributed by atoms with Gasteiger partial charge in [0.1, 0.15) is 17.1 Å². The molecule has 4 nitrogen and oxygen atoms in total. The molecular formula is C14H20O4. The van der Waals surface area contributed by atoms with Crippen molar-refractivity contribution in [3.8, 4) is 11.5 Å². The molecule has 1 aromatic rings. The number of aliphatic hydroxyl groups excluding tert-OH is 1. The first-order valence-electron chi connectivity index (χ1n) is 6.21. The molecule has 0 amide bonds. The van der Waals surface area contributed by atoms with Crippen molar-refractivity contribution in [2.45, 2.75) is 32.0 Å². The van der Waals surface area contributed by atoms with Crippen LogP contribution in [0.3, 0.4) is 0 Å². The molecule has 0 aromatic heterocycles. The lowest BCUT2D eigenvalue weighted by Crippen LogP contribution is -2.42. The summed E-state index contributed by atoms with van der Waals surface area (Å²) in [6.45, 7) is 5.01. The molecule has 0 radical (unpaired) electrons. The molecule has 0 spiro atoms. The fraction of sp³-hybridized carbons (Fsp3) is 0.571. The molecule has 2 rings (SSSR count). The quantitative estimate of drug-likeness (QED) is 0.893. The van der Waals surface area contributed by atoms with E-state index >= 15 is 0 Å². The number of rotatable bonds is 4. The molecule has 2 atom stereocenters. The van der Waals surface area contributed by atoms with Crippen LogP contribution in [0.15, 0.2) is 18.2 Å². The van der Waals surface area contributed by atoms with Crippen molar-refractivity contribution in [1.82, 2.24) is 0 Å². The van der Waals surface area contributed by atoms with E-state index in [9.17, 15) is 5.11 Å². The van der Waals surface area contributed by atoms with Crippen LogP contribution in [0.4, 0.5) is 0 Å². The normalized spacial score (nSPS) is 26.3. The van der Waals surface area contributed by atoms with Crippen LogP contribution in [-0.4, -0.2) is 31.0 Å². The topological polar surface area (TPSA) is 47.9 Å². The monoisotopic (exact) mass is 252 g/mol. The third-order valence-corrected chi connectivity index (χ3v) is 3.17. The van der Waals surface area contributed by atoms with E-state index in [1.807, 2.05) is 32.0 Å². The first-order valence-corrected chi connectivity index (χ1v) is 6.21. The third kappa shape index (κ3) is 2.60. The van der Waals surface area contributed by atoms with Gasteiger partial charge in [-0.2, -0.15) is 0 Å². The second-order valence-corrected chi connectivity index (χ2v) is 4.81. The molecule has 4 heteroatoms. The third-order valence-electron chi connectivity index (χ3n) is 3.17. The van der Waals surface area contributed by atoms with Crippen molar-refractivity contribution in [3.63, 3.8) is 0 Å². The molecule has 0 bridgehead atoms. The van der Waals surface area contributed by atoms with Gasteiger partial charge in [0.2, 0.25) is 0 Å². The lowest BCUT2D eigenvalue weighted by molar-refractivity contribution is -0.0576. The predicted octanol–water partition coefficient (Wildman–Crippen LogP) is 2.31. The molecule has 18 heavy (non-hydrogen) atoms. The zero-order valence-corrected chi connectivity index (χ0v) is 11.1. The van der Waals surface area contributed by atoms with Gasteiger partial charge in [-0.1, -0.05) is 0 Å². The number of benzene rings is 1. The maximum absolute atomic E-state index is 10.2. The molecule has 0 aliphatic carbocycles. The smallest absolute Gasteiger partial charge is 0.132 e. The van der Waals surface area contributed by atoms with E-state index in [1.165, 1.54) is 0 Å². The number of methoxy groups -OCH3 is 1. The summed E-state index contributed by atoms with van der Waals surface area (Å²) in [6.07, 6.45) is 0.0110. The highest BCUT2D eigenvalue weighted by molar-refractivity contribution is 5.43. The predicted molar refractivity (Wildman–Crippen MR) is 68.1 cm³/mol. The minimum atomic E-state index is -0.523. The SMILES string of the molecule is CCOCC1(C)C[C@@H](O)c2ccc(OC)cc2O1. The van der Waals surface area contributed by atoms with Gasteiger partial charge in [-0.3, -0.25) is 0 Å². The van der Waals surface area contributed by atoms with Gasteiger partial charge in [0.15, 0.2) is 0 Å². The first-order chi connectivity index (χ1) is 8.58. The Kier molecular flexibility index (Phi) is 3.78. The van der Waals surface area contributed by atoms with Gasteiger partial charge < -0.3 is 19.3 Å². The van der Waals surface area contributed by atoms with Gasteiger partial charge in [0, 0.05) is 24.7 Å². The van der Waals surface area contributed by atoms with Crippen molar-refractivity contribution in [3.05, 3.63) is 23.8 Å². The molecule has 1 aromatic carbocycles. The summed E-state index contributed by atoms with van der Waals surface area (Å²) in [4.78, 5) is 0. The zero-order valence-electron chi connectivity index (χ0n) is 11.1. The number of ether oxygens (including phenoxy) is 3. The highest BCUT2D eigenvalue weighted by Gasteiger charge is 2.37. The van der Waals surface area contributed by atoms with E-state index in [0.717, 1.165) is 11.3 Å². The van der Waals surface area contributed by atoms with Gasteiger partial charge in [-0.15, -0.1) is 0 Å². The molecule has 1 N–H and O–H groups in total. The van der Waals surface area contributed by atoms with Gasteiger partial charge in [0.05, 0.1) is 19.8 Å². The summed E-state index contributed by atoms with van der Waals surface area (Å²) >= 11 is 0. The largest absolute Gasteiger partial charge is 0.497 e. The van der Waals surface area contributed by atoms with Crippen LogP contribution in [0.1, 0.15) is 31.9 Å². The second kappa shape index (κ2) is 5.16. The average molecular weight is 252 g/mol. The number of aliphatic hydroxyl groups is 1. The summed E-state index contributed by atoms with van der Waals surface area (Å²) in [5.74, 6) is 1.40. The Hall–Kier alpha value is -1.26. The van der Waals surface area contributed by atoms with E-state index in [-0.39, 0.29) is 0 Å². The molecule has 0 saturated carbocycles. The summed E-state index contributed by atoms with van der Waals surface area (Å²) in [5, 5.41) is 10.2. The van der Waals surface area contributed by atoms with Crippen molar-refractivity contribution in [2.75, 3.05) is 20.3 Å². The minimum Gasteiger partial charge on any atom is -0.497 e. The zero-order chi connectivity index (χ0) is 13.2. The van der Waals surface area contributed by atoms with E-state index in [0.29, 0.717) is 25.4 Å². The average Bonchev–Trinajstić information content (AvgIpc) is 2.35. The number of hydrogen-bond acceptors (Lipinski definition) is 4. The molecule has 1 aliphatic rings. The number of hydrogen-bond donors (Lipinski definition) is 1. The van der Waals surface area contributed by atoms with Crippen molar-refractivity contribution in [1.29, 1.82) is 0 Å². The second-order valence-electron chi connectivity index (χ2n) is 4.81. The summed E-state index contributed by atoms with van der Waals surface area (Å²) in [7, 11) is 1.61. The van der Waals surface area contributed by atoms with Gasteiger partial charge in [-0.25, -0.2) is 0 Å². The van der Waals surface area contributed by atoms with Crippen molar-refractivity contribution >= 4 is 0 Å². The Morgan fingerprint density at radius 1 is 1.50 bits per heavy atom. The van der Waals surface area contributed by atoms with E-state index in [4.69, 9.17) is 14.2 Å². The van der Waals surface area contributed by atoms with Crippen LogP contribution in [0.5, 0.6) is 11.5 Å². The molecule has 100 valence electrons. The van der Waals surface area contributed by atoms with Crippen molar-refractivity contribution < 1.29 is 19.3 Å². The molecule has 1 aliphatic heterocycles. The van der Waals surface area contributed by atoms with Gasteiger partial charge in [0.25, 0.3) is 0 Å². The molecule has 1 unspecified atom stereocenters. The van der Waals surface area contributed by atoms with Crippen LogP contribution in [0.2, 0.25) is 0 Å². The molecule has 0 saturated heterocycles. The fourth-order valence-corrected chi connectivity index (χ4v) is 2.24. The number of fused-ring (bicyclic) bond motifs is 1. The van der Waals surface area contributed by atoms with Crippen LogP contribution in [-0.2, 0) is 4.74 Å². The maximum atomic E-state index is 10.2. The Balaban J connectivity index is 2.25. The standard InChI is InChI=1S/C14H20O4/c1-4-17-9-14(2)8-12(15)11-6-5-10(16-3)7-13(11)18-14/h5-7,12,15H,4,8-9H2,1-3H3/t12-,14?/m1/s1. The van der Waals surface area contributed by atoms with E-state index in [2.05, 4.69) is 0 Å². The van der Waals surface area contributed by atoms with Crippen molar-refractivity contribution in [2.24, 2.45) is 0 Å². The lowest BCUT2D eigenvalue weighted by Gasteiger charge is -2.38. The first kappa shape index (κ1) is 13.2. The van der Waals surface area contributed by atoms with Crippen LogP contribution in [0.25, 0.3) is 0 Å². The Labute approximate surface area is 107 Å². The highest BCUT2D eigenvalue weighted by atomic mass is 16.5. The summed E-state index contributed by atoms with van der Waals surface area (Å²) < 4.78 is 16.6. The highest BCUT2D eigenvalue weighted by Crippen LogP contribution is 2.41. The Bertz CT molecular complexity index is 418. The minimum absolute atomic E-state index is 0.469. The maximum Gasteiger partial charge on any atom is 0.132 e. The fourth-order valence-electron chi connectivity index (χ4n) is 2.24. The molecule has 0 fully saturated rings. The van der Waals surface area contributed by atoms with Crippen LogP contribution >= 0.6 is 0 Å². The lowest BCUT2D eigenvalue weighted by atomic mass is 9.91. The summed E-state index contributed by atoms with van der Waals surface area (Å²) in [6, 6.07) is 5.48. The summed E-state index contributed by atoms with van der Waals surface area (Å²) in [5.41, 5.74) is 0.319. The van der Waals surface area contributed by atoms with Gasteiger partial charge >= 0.3 is 0 Å². The molecular weight excluding hydrogens is 232 g/mol. The Morgan fingerprint density at radius 3 is 2.94 bits per heavy atom. The van der Waals surface area contributed by atoms with Crippen LogP contribution < -0.4 is 9.47 Å². The Morgan fingerprint density at radius 2 is 2.28 bits per heavy atom. The van der Waals surface area contributed by atoms with Gasteiger partial charge in [-0.05, 0) is 26.0 Å². The molecule has 1 heterocycles. The van der Waals surface area contributed by atoms with E-state index in [1.54, 1.807) is 7.11 Å². The van der Waals surface area contributed by atoms with E-state index < -0.39 is 11.7 Å².